The molecule has 4 nitrogen and oxygen atoms in total. The summed E-state index contributed by atoms with van der Waals surface area (Å²) in [7, 11) is 0. The summed E-state index contributed by atoms with van der Waals surface area (Å²) >= 11 is 2.39. The van der Waals surface area contributed by atoms with Gasteiger partial charge in [0.1, 0.15) is 23.8 Å². The van der Waals surface area contributed by atoms with Crippen LogP contribution in [0.2, 0.25) is 0 Å². The van der Waals surface area contributed by atoms with Crippen LogP contribution in [-0.2, 0) is 0 Å². The van der Waals surface area contributed by atoms with Gasteiger partial charge in [-0.05, 0) is 182 Å². The van der Waals surface area contributed by atoms with Gasteiger partial charge in [-0.3, -0.25) is 0 Å². The van der Waals surface area contributed by atoms with E-state index >= 15 is 0 Å². The molecule has 1 aromatic heterocycles. The molecular weight excluding hydrogens is 831 g/mol. The number of imidazole rings is 1. The minimum atomic E-state index is 0. The van der Waals surface area contributed by atoms with Gasteiger partial charge in [-0.2, -0.15) is 0 Å². The van der Waals surface area contributed by atoms with Gasteiger partial charge < -0.3 is 22.2 Å². The highest BCUT2D eigenvalue weighted by atomic mass is 127. The van der Waals surface area contributed by atoms with E-state index in [9.17, 15) is 0 Å². The highest BCUT2D eigenvalue weighted by Crippen LogP contribution is 2.33. The van der Waals surface area contributed by atoms with E-state index < -0.39 is 0 Å². The lowest BCUT2D eigenvalue weighted by Crippen LogP contribution is -3.00. The van der Waals surface area contributed by atoms with Crippen molar-refractivity contribution in [2.45, 2.75) is 104 Å². The van der Waals surface area contributed by atoms with Gasteiger partial charge in [0.05, 0.1) is 6.67 Å². The molecule has 0 amide bonds. The molecular formula is C51H62ClIN4. The van der Waals surface area contributed by atoms with Crippen LogP contribution in [-0.4, -0.2) is 11.2 Å². The van der Waals surface area contributed by atoms with E-state index in [0.29, 0.717) is 0 Å². The molecule has 0 fully saturated rings. The normalized spacial score (nSPS) is 11.9. The maximum absolute atomic E-state index is 2.39. The Kier molecular flexibility index (Phi) is 15.1. The van der Waals surface area contributed by atoms with Gasteiger partial charge in [0.25, 0.3) is 6.33 Å². The van der Waals surface area contributed by atoms with Gasteiger partial charge in [0.2, 0.25) is 0 Å². The van der Waals surface area contributed by atoms with Crippen LogP contribution in [0.3, 0.4) is 0 Å². The van der Waals surface area contributed by atoms with Crippen LogP contribution >= 0.6 is 22.6 Å². The van der Waals surface area contributed by atoms with E-state index in [2.05, 4.69) is 237 Å². The number of halogens is 2. The number of nitrogens with zero attached hydrogens (tertiary/aromatic N) is 4. The molecule has 5 aromatic carbocycles. The summed E-state index contributed by atoms with van der Waals surface area (Å²) in [5.41, 5.74) is 25.2. The molecule has 0 N–H and O–H groups in total. The molecule has 1 aliphatic heterocycles. The summed E-state index contributed by atoms with van der Waals surface area (Å²) in [5, 5.41) is 0. The van der Waals surface area contributed by atoms with Gasteiger partial charge in [-0.25, -0.2) is 9.13 Å². The fourth-order valence-corrected chi connectivity index (χ4v) is 9.21. The molecule has 0 bridgehead atoms. The number of aryl methyl sites for hydroxylation is 15. The van der Waals surface area contributed by atoms with Crippen LogP contribution < -0.4 is 26.8 Å². The summed E-state index contributed by atoms with van der Waals surface area (Å²) in [5.74, 6) is 0. The third-order valence-electron chi connectivity index (χ3n) is 10.6. The van der Waals surface area contributed by atoms with Crippen molar-refractivity contribution in [3.63, 3.8) is 0 Å². The Morgan fingerprint density at radius 2 is 0.719 bits per heavy atom. The number of anilines is 2. The van der Waals surface area contributed by atoms with Crippen molar-refractivity contribution >= 4 is 34.0 Å². The van der Waals surface area contributed by atoms with Crippen LogP contribution in [0.15, 0.2) is 91.8 Å². The van der Waals surface area contributed by atoms with Crippen LogP contribution in [0.25, 0.3) is 11.4 Å². The summed E-state index contributed by atoms with van der Waals surface area (Å²) in [6.45, 7) is 33.5. The van der Waals surface area contributed by atoms with Crippen LogP contribution in [0.5, 0.6) is 0 Å². The number of rotatable bonds is 4. The zero-order chi connectivity index (χ0) is 41.2. The Morgan fingerprint density at radius 3 is 1.07 bits per heavy atom. The van der Waals surface area contributed by atoms with E-state index in [1.165, 1.54) is 110 Å². The van der Waals surface area contributed by atoms with Crippen LogP contribution in [0.1, 0.15) is 83.5 Å². The maximum Gasteiger partial charge on any atom is 0.254 e. The SMILES string of the molecule is Cc1cc(C)c(-n2cc[n+](-c3c(C)cc(C)cc3C)c2)c(C)c1.Cc1cc(C)c(I)c(C)c1.Cc1cc(C)c(N2C=CN(c3c(C)cc(C)cc3C)C2)c(C)c1.[Cl-]. The minimum Gasteiger partial charge on any atom is -1.00 e. The monoisotopic (exact) mass is 892 g/mol. The smallest absolute Gasteiger partial charge is 0.254 e. The van der Waals surface area contributed by atoms with E-state index in [0.717, 1.165) is 6.67 Å². The van der Waals surface area contributed by atoms with Crippen molar-refractivity contribution in [1.29, 1.82) is 0 Å². The Labute approximate surface area is 363 Å². The molecule has 0 unspecified atom stereocenters. The lowest BCUT2D eigenvalue weighted by Gasteiger charge is -2.27. The average Bonchev–Trinajstić information content (AvgIpc) is 3.73. The van der Waals surface area contributed by atoms with E-state index in [1.54, 1.807) is 0 Å². The van der Waals surface area contributed by atoms with Crippen molar-refractivity contribution in [2.24, 2.45) is 0 Å². The molecule has 0 atom stereocenters. The Morgan fingerprint density at radius 1 is 0.421 bits per heavy atom. The highest BCUT2D eigenvalue weighted by Gasteiger charge is 2.21. The predicted octanol–water partition coefficient (Wildman–Crippen LogP) is 10.1. The van der Waals surface area contributed by atoms with Crippen molar-refractivity contribution in [3.05, 3.63) is 179 Å². The van der Waals surface area contributed by atoms with Crippen molar-refractivity contribution in [3.8, 4) is 11.4 Å². The highest BCUT2D eigenvalue weighted by molar-refractivity contribution is 14.1. The second kappa shape index (κ2) is 18.9. The molecule has 0 saturated carbocycles. The van der Waals surface area contributed by atoms with Gasteiger partial charge in [0.15, 0.2) is 0 Å². The Bertz CT molecular complexity index is 2180. The molecule has 0 spiro atoms. The topological polar surface area (TPSA) is 15.3 Å². The third-order valence-corrected chi connectivity index (χ3v) is 12.3. The maximum atomic E-state index is 2.39. The number of aromatic nitrogens is 2. The lowest BCUT2D eigenvalue weighted by molar-refractivity contribution is -0.595. The summed E-state index contributed by atoms with van der Waals surface area (Å²) in [6, 6.07) is 22.5. The third kappa shape index (κ3) is 10.6. The first kappa shape index (κ1) is 45.4. The lowest BCUT2D eigenvalue weighted by atomic mass is 10.0. The first-order valence-electron chi connectivity index (χ1n) is 19.7. The average molecular weight is 893 g/mol. The fourth-order valence-electron chi connectivity index (χ4n) is 8.90. The standard InChI is InChI=1S/C21H26N2.C21H25N2.C9H11I.ClH/c2*1-14-9-16(3)20(17(4)10-14)22-7-8-23(13-22)21-18(5)11-15(2)12-19(21)6;1-6-4-7(2)9(10)8(3)5-6;/h7-12H,13H2,1-6H3;7-13H,1-6H3;4-5H,1-3H3;1H/q;+1;;/p-1. The van der Waals surface area contributed by atoms with Gasteiger partial charge in [-0.1, -0.05) is 88.5 Å². The van der Waals surface area contributed by atoms with Crippen LogP contribution in [0.4, 0.5) is 11.4 Å². The molecule has 0 radical (unpaired) electrons. The second-order valence-electron chi connectivity index (χ2n) is 16.3. The quantitative estimate of drug-likeness (QED) is 0.129. The minimum absolute atomic E-state index is 0. The molecule has 0 aliphatic carbocycles. The molecule has 57 heavy (non-hydrogen) atoms. The van der Waals surface area contributed by atoms with Crippen molar-refractivity contribution in [2.75, 3.05) is 16.5 Å². The van der Waals surface area contributed by atoms with E-state index in [-0.39, 0.29) is 12.4 Å². The second-order valence-corrected chi connectivity index (χ2v) is 17.4. The zero-order valence-corrected chi connectivity index (χ0v) is 39.8. The van der Waals surface area contributed by atoms with Crippen LogP contribution in [0, 0.1) is 107 Å². The van der Waals surface area contributed by atoms with Gasteiger partial charge in [-0.15, -0.1) is 0 Å². The van der Waals surface area contributed by atoms with Gasteiger partial charge in [0, 0.05) is 27.3 Å². The predicted molar refractivity (Wildman–Crippen MR) is 249 cm³/mol. The fraction of sp³-hybridized carbons (Fsp3) is 0.314. The molecule has 7 rings (SSSR count). The summed E-state index contributed by atoms with van der Waals surface area (Å²) < 4.78 is 5.84. The van der Waals surface area contributed by atoms with Crippen molar-refractivity contribution < 1.29 is 17.0 Å². The van der Waals surface area contributed by atoms with E-state index in [4.69, 9.17) is 0 Å². The molecule has 300 valence electrons. The molecule has 6 aromatic rings. The first-order valence-corrected chi connectivity index (χ1v) is 20.8. The van der Waals surface area contributed by atoms with E-state index in [1.807, 2.05) is 0 Å². The molecule has 0 saturated heterocycles. The number of hydrogen-bond donors (Lipinski definition) is 0. The largest absolute Gasteiger partial charge is 1.00 e. The summed E-state index contributed by atoms with van der Waals surface area (Å²) in [4.78, 5) is 4.70. The first-order chi connectivity index (χ1) is 26.3. The number of benzene rings is 5. The summed E-state index contributed by atoms with van der Waals surface area (Å²) in [6.07, 6.45) is 10.9. The zero-order valence-electron chi connectivity index (χ0n) is 36.9. The van der Waals surface area contributed by atoms with Crippen molar-refractivity contribution in [1.82, 2.24) is 4.57 Å². The Balaban J connectivity index is 0.000000202. The molecule has 1 aliphatic rings. The number of hydrogen-bond acceptors (Lipinski definition) is 2. The molecule has 2 heterocycles. The molecule has 6 heteroatoms. The Hall–Kier alpha value is -4.33. The van der Waals surface area contributed by atoms with Gasteiger partial charge >= 0.3 is 0 Å².